The van der Waals surface area contributed by atoms with E-state index in [0.29, 0.717) is 0 Å². The first kappa shape index (κ1) is 7.34. The van der Waals surface area contributed by atoms with Gasteiger partial charge in [-0.2, -0.15) is 0 Å². The van der Waals surface area contributed by atoms with Gasteiger partial charge in [0.15, 0.2) is 6.29 Å². The molecule has 2 nitrogen and oxygen atoms in total. The molecule has 0 unspecified atom stereocenters. The topological polar surface area (TPSA) is 18.5 Å². The Kier molecular flexibility index (Phi) is 1.71. The van der Waals surface area contributed by atoms with Gasteiger partial charge in [0.25, 0.3) is 0 Å². The highest BCUT2D eigenvalue weighted by Crippen LogP contribution is 2.41. The van der Waals surface area contributed by atoms with Crippen molar-refractivity contribution in [1.82, 2.24) is 0 Å². The number of benzene rings is 1. The molecule has 17 heavy (non-hydrogen) atoms. The lowest BCUT2D eigenvalue weighted by Gasteiger charge is -2.30. The molecule has 1 fully saturated rings. The van der Waals surface area contributed by atoms with Crippen LogP contribution in [-0.2, 0) is 9.47 Å². The van der Waals surface area contributed by atoms with Gasteiger partial charge < -0.3 is 9.47 Å². The molecule has 0 atom stereocenters. The Morgan fingerprint density at radius 2 is 1.59 bits per heavy atom. The molecule has 1 aromatic rings. The van der Waals surface area contributed by atoms with Crippen molar-refractivity contribution in [2.75, 3.05) is 0 Å². The van der Waals surface area contributed by atoms with E-state index >= 15 is 0 Å². The largest absolute Gasteiger partial charge is 0.339 e. The van der Waals surface area contributed by atoms with Gasteiger partial charge in [0.2, 0.25) is 0 Å². The Morgan fingerprint density at radius 3 is 2.06 bits per heavy atom. The van der Waals surface area contributed by atoms with E-state index in [4.69, 9.17) is 16.3 Å². The van der Waals surface area contributed by atoms with Crippen LogP contribution in [0.5, 0.6) is 0 Å². The minimum atomic E-state index is -0.853. The van der Waals surface area contributed by atoms with Crippen molar-refractivity contribution in [2.24, 2.45) is 0 Å². The lowest BCUT2D eigenvalue weighted by atomic mass is 9.90. The van der Waals surface area contributed by atoms with Crippen molar-refractivity contribution in [1.29, 1.82) is 0 Å². The van der Waals surface area contributed by atoms with Crippen molar-refractivity contribution in [3.8, 4) is 0 Å². The fourth-order valence-electron chi connectivity index (χ4n) is 1.51. The molecule has 2 heteroatoms. The van der Waals surface area contributed by atoms with Crippen molar-refractivity contribution >= 4 is 5.57 Å². The van der Waals surface area contributed by atoms with Gasteiger partial charge in [-0.25, -0.2) is 0 Å². The van der Waals surface area contributed by atoms with Gasteiger partial charge >= 0.3 is 0 Å². The van der Waals surface area contributed by atoms with E-state index in [0.717, 1.165) is 0 Å². The summed E-state index contributed by atoms with van der Waals surface area (Å²) in [6, 6.07) is -1.82. The summed E-state index contributed by atoms with van der Waals surface area (Å²) in [4.78, 5) is 0. The van der Waals surface area contributed by atoms with E-state index in [-0.39, 0.29) is 23.2 Å². The van der Waals surface area contributed by atoms with Crippen LogP contribution in [0, 0.1) is 0 Å². The molecule has 0 spiro atoms. The number of hydrogen-bond donors (Lipinski definition) is 0. The van der Waals surface area contributed by atoms with Crippen LogP contribution in [0.3, 0.4) is 0 Å². The van der Waals surface area contributed by atoms with Crippen molar-refractivity contribution < 1.29 is 16.3 Å². The second kappa shape index (κ2) is 3.97. The van der Waals surface area contributed by atoms with Crippen LogP contribution in [0.1, 0.15) is 40.1 Å². The van der Waals surface area contributed by atoms with E-state index in [2.05, 4.69) is 6.58 Å². The highest BCUT2D eigenvalue weighted by molar-refractivity contribution is 5.65. The van der Waals surface area contributed by atoms with E-state index in [1.54, 1.807) is 0 Å². The van der Waals surface area contributed by atoms with Crippen molar-refractivity contribution in [2.45, 2.75) is 45.2 Å². The molecule has 0 bridgehead atoms. The molecular formula is C15H20O2. The van der Waals surface area contributed by atoms with Crippen LogP contribution < -0.4 is 0 Å². The molecule has 92 valence electrons. The Balaban J connectivity index is 2.49. The SMILES string of the molecule is [2H]c1c([2H])c([2H])c(C(=C)C2OC(C)(C)C(C)(C)O2)c([2H])c1[2H]. The van der Waals surface area contributed by atoms with Gasteiger partial charge in [0.05, 0.1) is 18.1 Å². The maximum Gasteiger partial charge on any atom is 0.185 e. The third-order valence-electron chi connectivity index (χ3n) is 3.36. The second-order valence-corrected chi connectivity index (χ2v) is 5.11. The summed E-state index contributed by atoms with van der Waals surface area (Å²) in [6.45, 7) is 11.4. The first-order valence-corrected chi connectivity index (χ1v) is 5.52. The minimum absolute atomic E-state index is 0.0319. The minimum Gasteiger partial charge on any atom is -0.339 e. The molecule has 0 N–H and O–H groups in total. The van der Waals surface area contributed by atoms with Crippen LogP contribution in [0.25, 0.3) is 5.57 Å². The maximum absolute atomic E-state index is 7.98. The lowest BCUT2D eigenvalue weighted by Crippen LogP contribution is -2.41. The summed E-state index contributed by atoms with van der Waals surface area (Å²) in [5.41, 5.74) is -0.915. The average Bonchev–Trinajstić information content (AvgIpc) is 2.63. The zero-order valence-corrected chi connectivity index (χ0v) is 10.6. The van der Waals surface area contributed by atoms with Crippen LogP contribution >= 0.6 is 0 Å². The molecule has 2 rings (SSSR count). The monoisotopic (exact) mass is 237 g/mol. The van der Waals surface area contributed by atoms with Gasteiger partial charge in [0.1, 0.15) is 0 Å². The lowest BCUT2D eigenvalue weighted by molar-refractivity contribution is -0.0427. The van der Waals surface area contributed by atoms with Gasteiger partial charge in [-0.3, -0.25) is 0 Å². The first-order chi connectivity index (χ1) is 9.90. The molecule has 0 saturated carbocycles. The van der Waals surface area contributed by atoms with Crippen LogP contribution in [0.2, 0.25) is 0 Å². The molecular weight excluding hydrogens is 212 g/mol. The number of hydrogen-bond acceptors (Lipinski definition) is 2. The maximum atomic E-state index is 7.98. The fourth-order valence-corrected chi connectivity index (χ4v) is 1.51. The standard InChI is InChI=1S/C15H20O2/c1-11(12-9-7-6-8-10-12)13-16-14(2,3)15(4,5)17-13/h6-10,13H,1H2,2-5H3/i6D,7D,8D,9D,10D. The number of ether oxygens (including phenoxy) is 2. The zero-order valence-electron chi connectivity index (χ0n) is 15.6. The molecule has 0 aromatic heterocycles. The average molecular weight is 237 g/mol. The normalized spacial score (nSPS) is 26.7. The zero-order chi connectivity index (χ0) is 17.0. The summed E-state index contributed by atoms with van der Waals surface area (Å²) in [5, 5.41) is 0. The van der Waals surface area contributed by atoms with Crippen molar-refractivity contribution in [3.63, 3.8) is 0 Å². The quantitative estimate of drug-likeness (QED) is 0.782. The summed E-state index contributed by atoms with van der Waals surface area (Å²) in [5.74, 6) is 0. The summed E-state index contributed by atoms with van der Waals surface area (Å²) < 4.78 is 50.7. The van der Waals surface area contributed by atoms with Crippen LogP contribution in [0.15, 0.2) is 36.8 Å². The van der Waals surface area contributed by atoms with Gasteiger partial charge in [-0.1, -0.05) is 36.8 Å². The molecule has 1 heterocycles. The predicted octanol–water partition coefficient (Wildman–Crippen LogP) is 3.63. The molecule has 0 aliphatic carbocycles. The Hall–Kier alpha value is -1.12. The van der Waals surface area contributed by atoms with Crippen LogP contribution in [0.4, 0.5) is 0 Å². The Morgan fingerprint density at radius 1 is 1.12 bits per heavy atom. The third-order valence-corrected chi connectivity index (χ3v) is 3.36. The van der Waals surface area contributed by atoms with E-state index in [1.165, 1.54) is 0 Å². The van der Waals surface area contributed by atoms with E-state index in [1.807, 2.05) is 27.7 Å². The fraction of sp³-hybridized carbons (Fsp3) is 0.467. The summed E-state index contributed by atoms with van der Waals surface area (Å²) in [6.07, 6.45) is -0.853. The second-order valence-electron chi connectivity index (χ2n) is 5.11. The molecule has 1 aliphatic rings. The van der Waals surface area contributed by atoms with Gasteiger partial charge in [-0.05, 0) is 33.3 Å². The molecule has 1 aromatic carbocycles. The molecule has 0 amide bonds. The number of rotatable bonds is 2. The molecule has 1 aliphatic heterocycles. The Labute approximate surface area is 110 Å². The Bertz CT molecular complexity index is 607. The van der Waals surface area contributed by atoms with Crippen LogP contribution in [-0.4, -0.2) is 17.5 Å². The third kappa shape index (κ3) is 2.15. The molecule has 0 radical (unpaired) electrons. The van der Waals surface area contributed by atoms with Gasteiger partial charge in [-0.15, -0.1) is 0 Å². The smallest absolute Gasteiger partial charge is 0.185 e. The van der Waals surface area contributed by atoms with Crippen molar-refractivity contribution in [3.05, 3.63) is 42.4 Å². The highest BCUT2D eigenvalue weighted by atomic mass is 16.7. The molecule has 1 saturated heterocycles. The van der Waals surface area contributed by atoms with E-state index < -0.39 is 35.6 Å². The predicted molar refractivity (Wildman–Crippen MR) is 69.6 cm³/mol. The first-order valence-electron chi connectivity index (χ1n) is 8.02. The summed E-state index contributed by atoms with van der Waals surface area (Å²) >= 11 is 0. The van der Waals surface area contributed by atoms with Gasteiger partial charge in [0, 0.05) is 5.57 Å². The van der Waals surface area contributed by atoms with E-state index in [9.17, 15) is 0 Å². The summed E-state index contributed by atoms with van der Waals surface area (Å²) in [7, 11) is 0. The highest BCUT2D eigenvalue weighted by Gasteiger charge is 2.49.